The number of amides is 1. The number of ether oxygens (including phenoxy) is 1. The van der Waals surface area contributed by atoms with Gasteiger partial charge in [-0.25, -0.2) is 0 Å². The summed E-state index contributed by atoms with van der Waals surface area (Å²) in [5.74, 6) is -1.50. The number of pyridine rings is 1. The van der Waals surface area contributed by atoms with E-state index in [-0.39, 0.29) is 36.2 Å². The van der Waals surface area contributed by atoms with Crippen LogP contribution in [0, 0.1) is 6.92 Å². The number of Topliss-reactive ketones (excluding diaryl/α,β-unsaturated/α-hetero) is 1. The molecule has 2 atom stereocenters. The van der Waals surface area contributed by atoms with E-state index in [2.05, 4.69) is 10.3 Å². The molecule has 2 heterocycles. The number of benzene rings is 2. The Morgan fingerprint density at radius 2 is 1.53 bits per heavy atom. The Bertz CT molecular complexity index is 1600. The van der Waals surface area contributed by atoms with Crippen molar-refractivity contribution in [3.63, 3.8) is 0 Å². The molecule has 2 aromatic carbocycles. The molecule has 4 rings (SSSR count). The lowest BCUT2D eigenvalue weighted by Crippen LogP contribution is -2.42. The molecule has 0 radical (unpaired) electrons. The van der Waals surface area contributed by atoms with Crippen molar-refractivity contribution in [2.24, 2.45) is 0 Å². The van der Waals surface area contributed by atoms with E-state index in [1.807, 2.05) is 13.0 Å². The zero-order chi connectivity index (χ0) is 33.5. The smallest absolute Gasteiger partial charge is 0.416 e. The quantitative estimate of drug-likeness (QED) is 0.234. The van der Waals surface area contributed by atoms with Crippen LogP contribution >= 0.6 is 0 Å². The summed E-state index contributed by atoms with van der Waals surface area (Å²) < 4.78 is 87.3. The summed E-state index contributed by atoms with van der Waals surface area (Å²) in [6, 6.07) is 9.26. The number of likely N-dealkylation sites (N-methyl/N-ethyl adjacent to an activating group) is 1. The third-order valence-corrected chi connectivity index (χ3v) is 7.81. The fourth-order valence-corrected chi connectivity index (χ4v) is 5.32. The van der Waals surface area contributed by atoms with E-state index in [1.165, 1.54) is 34.0 Å². The number of aromatic nitrogens is 1. The number of carbonyl (C=O) groups excluding carboxylic acids is 3. The second kappa shape index (κ2) is 12.3. The number of anilines is 1. The number of esters is 1. The van der Waals surface area contributed by atoms with E-state index >= 15 is 0 Å². The SMILES string of the molecule is CC(=O)OC(c1cc(-c2ccccc2C)c(N(C)C(=O)C(C)(C)c2cc(C(F)(F)F)cc(C(F)(F)F)c2)cn1)C1CC(=O)CN1. The van der Waals surface area contributed by atoms with Crippen molar-refractivity contribution in [2.75, 3.05) is 18.5 Å². The molecule has 0 spiro atoms. The molecule has 1 aliphatic rings. The maximum Gasteiger partial charge on any atom is 0.416 e. The average molecular weight is 636 g/mol. The molecule has 0 bridgehead atoms. The maximum atomic E-state index is 14.0. The number of alkyl halides is 6. The van der Waals surface area contributed by atoms with E-state index in [0.29, 0.717) is 23.3 Å². The minimum absolute atomic E-state index is 0.0129. The molecule has 0 saturated carbocycles. The van der Waals surface area contributed by atoms with Crippen LogP contribution in [0.15, 0.2) is 54.7 Å². The van der Waals surface area contributed by atoms with E-state index < -0.39 is 58.5 Å². The second-order valence-electron chi connectivity index (χ2n) is 11.5. The molecule has 1 fully saturated rings. The Morgan fingerprint density at radius 1 is 0.956 bits per heavy atom. The second-order valence-corrected chi connectivity index (χ2v) is 11.5. The Labute approximate surface area is 255 Å². The monoisotopic (exact) mass is 635 g/mol. The molecule has 45 heavy (non-hydrogen) atoms. The minimum Gasteiger partial charge on any atom is -0.454 e. The fourth-order valence-electron chi connectivity index (χ4n) is 5.32. The molecule has 3 aromatic rings. The fraction of sp³-hybridized carbons (Fsp3) is 0.375. The van der Waals surface area contributed by atoms with E-state index in [1.54, 1.807) is 24.3 Å². The molecule has 7 nitrogen and oxygen atoms in total. The number of carbonyl (C=O) groups is 3. The van der Waals surface area contributed by atoms with Gasteiger partial charge in [0.05, 0.1) is 46.7 Å². The molecule has 1 amide bonds. The molecule has 2 unspecified atom stereocenters. The van der Waals surface area contributed by atoms with Gasteiger partial charge < -0.3 is 15.0 Å². The predicted octanol–water partition coefficient (Wildman–Crippen LogP) is 6.57. The number of halogens is 6. The highest BCUT2D eigenvalue weighted by atomic mass is 19.4. The van der Waals surface area contributed by atoms with Crippen LogP contribution in [0.2, 0.25) is 0 Å². The molecular formula is C32H31F6N3O4. The van der Waals surface area contributed by atoms with Gasteiger partial charge in [0.2, 0.25) is 5.91 Å². The van der Waals surface area contributed by atoms with Crippen LogP contribution in [0.3, 0.4) is 0 Å². The van der Waals surface area contributed by atoms with Gasteiger partial charge in [-0.05, 0) is 61.7 Å². The standard InChI is InChI=1S/C32H31F6N3O4/c1-17-8-6-7-9-23(17)24-14-26(28(45-18(2)42)25-13-22(43)15-39-25)40-16-27(24)41(5)29(44)30(3,4)19-10-20(31(33,34)35)12-21(11-19)32(36,37)38/h6-12,14,16,25,28,39H,13,15H2,1-5H3. The van der Waals surface area contributed by atoms with Crippen LogP contribution in [0.25, 0.3) is 11.1 Å². The first kappa shape index (κ1) is 33.6. The Kier molecular flexibility index (Phi) is 9.16. The number of rotatable bonds is 7. The van der Waals surface area contributed by atoms with E-state index in [9.17, 15) is 40.7 Å². The highest BCUT2D eigenvalue weighted by molar-refractivity contribution is 6.03. The normalized spacial score (nSPS) is 16.4. The van der Waals surface area contributed by atoms with Crippen molar-refractivity contribution in [3.8, 4) is 11.1 Å². The third-order valence-electron chi connectivity index (χ3n) is 7.81. The summed E-state index contributed by atoms with van der Waals surface area (Å²) in [6.45, 7) is 5.61. The summed E-state index contributed by atoms with van der Waals surface area (Å²) in [7, 11) is 1.35. The summed E-state index contributed by atoms with van der Waals surface area (Å²) >= 11 is 0. The van der Waals surface area contributed by atoms with Crippen LogP contribution < -0.4 is 10.2 Å². The van der Waals surface area contributed by atoms with E-state index in [0.717, 1.165) is 10.5 Å². The van der Waals surface area contributed by atoms with Gasteiger partial charge in [-0.3, -0.25) is 19.4 Å². The Morgan fingerprint density at radius 3 is 2.04 bits per heavy atom. The van der Waals surface area contributed by atoms with Crippen LogP contribution in [-0.4, -0.2) is 42.3 Å². The molecule has 1 aromatic heterocycles. The van der Waals surface area contributed by atoms with Gasteiger partial charge in [0.25, 0.3) is 0 Å². The first-order chi connectivity index (χ1) is 20.8. The average Bonchev–Trinajstić information content (AvgIpc) is 3.39. The minimum atomic E-state index is -5.09. The van der Waals surface area contributed by atoms with Gasteiger partial charge >= 0.3 is 18.3 Å². The Hall–Kier alpha value is -4.26. The lowest BCUT2D eigenvalue weighted by molar-refractivity contribution is -0.148. The summed E-state index contributed by atoms with van der Waals surface area (Å²) in [5, 5.41) is 3.01. The molecule has 1 N–H and O–H groups in total. The molecule has 1 aliphatic heterocycles. The number of hydrogen-bond donors (Lipinski definition) is 1. The number of ketones is 1. The Balaban J connectivity index is 1.84. The lowest BCUT2D eigenvalue weighted by Gasteiger charge is -2.32. The summed E-state index contributed by atoms with van der Waals surface area (Å²) in [4.78, 5) is 43.6. The highest BCUT2D eigenvalue weighted by Gasteiger charge is 2.42. The van der Waals surface area contributed by atoms with Crippen LogP contribution in [0.4, 0.5) is 32.0 Å². The van der Waals surface area contributed by atoms with Gasteiger partial charge in [0, 0.05) is 26.0 Å². The molecule has 0 aliphatic carbocycles. The lowest BCUT2D eigenvalue weighted by atomic mass is 9.81. The van der Waals surface area contributed by atoms with Crippen molar-refractivity contribution in [1.82, 2.24) is 10.3 Å². The van der Waals surface area contributed by atoms with Gasteiger partial charge in [-0.1, -0.05) is 24.3 Å². The van der Waals surface area contributed by atoms with Crippen molar-refractivity contribution >= 4 is 23.3 Å². The zero-order valence-electron chi connectivity index (χ0n) is 25.1. The predicted molar refractivity (Wildman–Crippen MR) is 153 cm³/mol. The van der Waals surface area contributed by atoms with Gasteiger partial charge in [0.15, 0.2) is 6.10 Å². The van der Waals surface area contributed by atoms with Crippen LogP contribution in [-0.2, 0) is 36.9 Å². The number of nitrogens with one attached hydrogen (secondary N) is 1. The highest BCUT2D eigenvalue weighted by Crippen LogP contribution is 2.41. The van der Waals surface area contributed by atoms with Gasteiger partial charge in [-0.2, -0.15) is 26.3 Å². The third kappa shape index (κ3) is 7.19. The van der Waals surface area contributed by atoms with Gasteiger partial charge in [-0.15, -0.1) is 0 Å². The maximum absolute atomic E-state index is 14.0. The molecular weight excluding hydrogens is 604 g/mol. The van der Waals surface area contributed by atoms with Crippen molar-refractivity contribution < 1.29 is 45.5 Å². The van der Waals surface area contributed by atoms with Crippen molar-refractivity contribution in [1.29, 1.82) is 0 Å². The topological polar surface area (TPSA) is 88.6 Å². The van der Waals surface area contributed by atoms with Gasteiger partial charge in [0.1, 0.15) is 5.78 Å². The largest absolute Gasteiger partial charge is 0.454 e. The number of hydrogen-bond acceptors (Lipinski definition) is 6. The zero-order valence-corrected chi connectivity index (χ0v) is 25.1. The molecule has 240 valence electrons. The number of aryl methyl sites for hydroxylation is 1. The molecule has 13 heteroatoms. The van der Waals surface area contributed by atoms with E-state index in [4.69, 9.17) is 4.74 Å². The first-order valence-corrected chi connectivity index (χ1v) is 13.9. The molecule has 1 saturated heterocycles. The number of nitrogens with zero attached hydrogens (tertiary/aromatic N) is 2. The van der Waals surface area contributed by atoms with Crippen LogP contribution in [0.5, 0.6) is 0 Å². The summed E-state index contributed by atoms with van der Waals surface area (Å²) in [5.41, 5.74) is -3.06. The summed E-state index contributed by atoms with van der Waals surface area (Å²) in [6.07, 6.45) is -9.73. The first-order valence-electron chi connectivity index (χ1n) is 13.9. The van der Waals surface area contributed by atoms with Crippen molar-refractivity contribution in [3.05, 3.63) is 82.7 Å². The van der Waals surface area contributed by atoms with Crippen molar-refractivity contribution in [2.45, 2.75) is 64.0 Å². The van der Waals surface area contributed by atoms with Crippen LogP contribution in [0.1, 0.15) is 61.2 Å².